The summed E-state index contributed by atoms with van der Waals surface area (Å²) in [7, 11) is 2.08. The van der Waals surface area contributed by atoms with Crippen molar-refractivity contribution in [3.63, 3.8) is 0 Å². The molecule has 4 nitrogen and oxygen atoms in total. The third-order valence-corrected chi connectivity index (χ3v) is 5.54. The average molecular weight is 283 g/mol. The minimum absolute atomic E-state index is 0.0109. The Kier molecular flexibility index (Phi) is 4.37. The third-order valence-electron chi connectivity index (χ3n) is 5.54. The van der Waals surface area contributed by atoms with E-state index >= 15 is 0 Å². The summed E-state index contributed by atoms with van der Waals surface area (Å²) in [6, 6.07) is 0.421. The van der Waals surface area contributed by atoms with E-state index in [9.17, 15) is 0 Å². The molecule has 116 valence electrons. The minimum Gasteiger partial charge on any atom is -0.378 e. The highest BCUT2D eigenvalue weighted by Gasteiger charge is 2.47. The normalized spacial score (nSPS) is 43.8. The summed E-state index contributed by atoms with van der Waals surface area (Å²) in [4.78, 5) is 0. The van der Waals surface area contributed by atoms with Crippen LogP contribution in [0, 0.1) is 5.92 Å². The first-order valence-electron chi connectivity index (χ1n) is 8.20. The second-order valence-electron chi connectivity index (χ2n) is 6.97. The van der Waals surface area contributed by atoms with E-state index in [0.29, 0.717) is 12.0 Å². The number of hydrogen-bond acceptors (Lipinski definition) is 4. The first kappa shape index (κ1) is 14.8. The van der Waals surface area contributed by atoms with Crippen LogP contribution in [0.25, 0.3) is 0 Å². The molecule has 0 amide bonds. The summed E-state index contributed by atoms with van der Waals surface area (Å²) in [6.07, 6.45) is 6.95. The molecular formula is C16H29NO3. The van der Waals surface area contributed by atoms with Gasteiger partial charge in [0.2, 0.25) is 0 Å². The van der Waals surface area contributed by atoms with Crippen molar-refractivity contribution in [2.75, 3.05) is 33.5 Å². The van der Waals surface area contributed by atoms with Gasteiger partial charge < -0.3 is 19.5 Å². The number of rotatable bonds is 3. The van der Waals surface area contributed by atoms with Crippen LogP contribution in [-0.4, -0.2) is 50.7 Å². The molecule has 0 bridgehead atoms. The smallest absolute Gasteiger partial charge is 0.0939 e. The van der Waals surface area contributed by atoms with Crippen molar-refractivity contribution in [2.45, 2.75) is 62.7 Å². The molecule has 3 aliphatic heterocycles. The van der Waals surface area contributed by atoms with Crippen molar-refractivity contribution in [3.8, 4) is 0 Å². The highest BCUT2D eigenvalue weighted by molar-refractivity contribution is 5.00. The summed E-state index contributed by atoms with van der Waals surface area (Å²) in [5, 5.41) is 3.57. The molecule has 0 aromatic heterocycles. The van der Waals surface area contributed by atoms with Gasteiger partial charge in [0.15, 0.2) is 0 Å². The van der Waals surface area contributed by atoms with Gasteiger partial charge in [-0.15, -0.1) is 0 Å². The summed E-state index contributed by atoms with van der Waals surface area (Å²) < 4.78 is 17.9. The lowest BCUT2D eigenvalue weighted by Crippen LogP contribution is -2.58. The van der Waals surface area contributed by atoms with E-state index in [4.69, 9.17) is 14.2 Å². The van der Waals surface area contributed by atoms with Gasteiger partial charge in [-0.3, -0.25) is 0 Å². The molecule has 3 saturated heterocycles. The Bertz CT molecular complexity index is 322. The first-order chi connectivity index (χ1) is 9.68. The van der Waals surface area contributed by atoms with E-state index in [1.807, 2.05) is 0 Å². The van der Waals surface area contributed by atoms with E-state index in [1.54, 1.807) is 0 Å². The van der Waals surface area contributed by atoms with Gasteiger partial charge in [0.25, 0.3) is 0 Å². The Hall–Kier alpha value is -0.160. The van der Waals surface area contributed by atoms with Gasteiger partial charge in [-0.1, -0.05) is 0 Å². The number of hydrogen-bond donors (Lipinski definition) is 1. The van der Waals surface area contributed by atoms with E-state index in [-0.39, 0.29) is 11.2 Å². The second-order valence-corrected chi connectivity index (χ2v) is 6.97. The molecule has 3 aliphatic rings. The van der Waals surface area contributed by atoms with Gasteiger partial charge in [0.05, 0.1) is 17.8 Å². The van der Waals surface area contributed by atoms with Gasteiger partial charge in [-0.05, 0) is 52.0 Å². The van der Waals surface area contributed by atoms with Gasteiger partial charge >= 0.3 is 0 Å². The molecule has 4 heteroatoms. The molecule has 3 fully saturated rings. The standard InChI is InChI=1S/C16H29NO3/c1-15(6-3-4-8-19-15)14(17-2)13-5-9-20-16(11-13)7-10-18-12-16/h13-14,17H,3-12H2,1-2H3. The predicted octanol–water partition coefficient (Wildman–Crippen LogP) is 2.12. The van der Waals surface area contributed by atoms with Gasteiger partial charge in [0, 0.05) is 32.3 Å². The Labute approximate surface area is 122 Å². The van der Waals surface area contributed by atoms with Crippen LogP contribution in [0.4, 0.5) is 0 Å². The highest BCUT2D eigenvalue weighted by Crippen LogP contribution is 2.41. The van der Waals surface area contributed by atoms with Crippen LogP contribution in [0.1, 0.15) is 45.4 Å². The molecule has 4 unspecified atom stereocenters. The predicted molar refractivity (Wildman–Crippen MR) is 77.9 cm³/mol. The Morgan fingerprint density at radius 2 is 2.00 bits per heavy atom. The van der Waals surface area contributed by atoms with Crippen LogP contribution in [-0.2, 0) is 14.2 Å². The van der Waals surface area contributed by atoms with Crippen LogP contribution in [0.3, 0.4) is 0 Å². The van der Waals surface area contributed by atoms with E-state index in [2.05, 4.69) is 19.3 Å². The maximum Gasteiger partial charge on any atom is 0.0939 e. The lowest BCUT2D eigenvalue weighted by molar-refractivity contribution is -0.139. The molecule has 4 atom stereocenters. The largest absolute Gasteiger partial charge is 0.378 e. The van der Waals surface area contributed by atoms with Crippen molar-refractivity contribution in [1.82, 2.24) is 5.32 Å². The molecule has 3 heterocycles. The zero-order chi connectivity index (χ0) is 14.1. The summed E-state index contributed by atoms with van der Waals surface area (Å²) in [6.45, 7) is 5.69. The van der Waals surface area contributed by atoms with Crippen molar-refractivity contribution >= 4 is 0 Å². The zero-order valence-corrected chi connectivity index (χ0v) is 13.0. The van der Waals surface area contributed by atoms with Gasteiger partial charge in [0.1, 0.15) is 0 Å². The Morgan fingerprint density at radius 1 is 1.10 bits per heavy atom. The van der Waals surface area contributed by atoms with Crippen molar-refractivity contribution in [3.05, 3.63) is 0 Å². The Balaban J connectivity index is 1.71. The zero-order valence-electron chi connectivity index (χ0n) is 13.0. The van der Waals surface area contributed by atoms with Crippen LogP contribution in [0.15, 0.2) is 0 Å². The quantitative estimate of drug-likeness (QED) is 0.861. The van der Waals surface area contributed by atoms with Crippen molar-refractivity contribution in [1.29, 1.82) is 0 Å². The highest BCUT2D eigenvalue weighted by atomic mass is 16.6. The number of nitrogens with one attached hydrogen (secondary N) is 1. The number of ether oxygens (including phenoxy) is 3. The maximum atomic E-state index is 6.19. The van der Waals surface area contributed by atoms with Crippen LogP contribution < -0.4 is 5.32 Å². The summed E-state index contributed by atoms with van der Waals surface area (Å²) >= 11 is 0. The first-order valence-corrected chi connectivity index (χ1v) is 8.20. The monoisotopic (exact) mass is 283 g/mol. The molecule has 1 spiro atoms. The molecule has 0 radical (unpaired) electrons. The lowest BCUT2D eigenvalue weighted by Gasteiger charge is -2.48. The maximum absolute atomic E-state index is 6.19. The second kappa shape index (κ2) is 5.91. The van der Waals surface area contributed by atoms with Crippen LogP contribution >= 0.6 is 0 Å². The topological polar surface area (TPSA) is 39.7 Å². The van der Waals surface area contributed by atoms with Crippen LogP contribution in [0.2, 0.25) is 0 Å². The molecular weight excluding hydrogens is 254 g/mol. The Morgan fingerprint density at radius 3 is 2.65 bits per heavy atom. The SMILES string of the molecule is CNC(C1CCOC2(CCOC2)C1)C1(C)CCCCO1. The van der Waals surface area contributed by atoms with Crippen molar-refractivity contribution < 1.29 is 14.2 Å². The fourth-order valence-corrected chi connectivity index (χ4v) is 4.45. The van der Waals surface area contributed by atoms with Gasteiger partial charge in [-0.2, -0.15) is 0 Å². The molecule has 0 aliphatic carbocycles. The van der Waals surface area contributed by atoms with Crippen molar-refractivity contribution in [2.24, 2.45) is 5.92 Å². The van der Waals surface area contributed by atoms with Crippen LogP contribution in [0.5, 0.6) is 0 Å². The molecule has 1 N–H and O–H groups in total. The fraction of sp³-hybridized carbons (Fsp3) is 1.00. The molecule has 0 saturated carbocycles. The molecule has 3 rings (SSSR count). The third kappa shape index (κ3) is 2.76. The lowest BCUT2D eigenvalue weighted by atomic mass is 9.73. The summed E-state index contributed by atoms with van der Waals surface area (Å²) in [5.74, 6) is 0.624. The summed E-state index contributed by atoms with van der Waals surface area (Å²) in [5.41, 5.74) is -0.0291. The fourth-order valence-electron chi connectivity index (χ4n) is 4.45. The average Bonchev–Trinajstić information content (AvgIpc) is 2.88. The van der Waals surface area contributed by atoms with E-state index in [0.717, 1.165) is 45.7 Å². The molecule has 0 aromatic carbocycles. The van der Waals surface area contributed by atoms with E-state index < -0.39 is 0 Å². The van der Waals surface area contributed by atoms with Gasteiger partial charge in [-0.25, -0.2) is 0 Å². The van der Waals surface area contributed by atoms with E-state index in [1.165, 1.54) is 19.3 Å². The molecule has 20 heavy (non-hydrogen) atoms. The number of likely N-dealkylation sites (N-methyl/N-ethyl adjacent to an activating group) is 1. The minimum atomic E-state index is -0.0182. The molecule has 0 aromatic rings.